The average Bonchev–Trinajstić information content (AvgIpc) is 3.57. The molecule has 2 aromatic carbocycles. The second kappa shape index (κ2) is 11.5. The molecule has 0 amide bonds. The van der Waals surface area contributed by atoms with Crippen molar-refractivity contribution >= 4 is 38.0 Å². The lowest BCUT2D eigenvalue weighted by Gasteiger charge is -2.21. The van der Waals surface area contributed by atoms with Crippen LogP contribution in [0, 0.1) is 5.41 Å². The zero-order valence-corrected chi connectivity index (χ0v) is 25.2. The average molecular weight is 607 g/mol. The van der Waals surface area contributed by atoms with Gasteiger partial charge in [-0.3, -0.25) is 4.79 Å². The van der Waals surface area contributed by atoms with Crippen molar-refractivity contribution in [2.45, 2.75) is 37.8 Å². The van der Waals surface area contributed by atoms with Crippen LogP contribution in [0.5, 0.6) is 11.6 Å². The topological polar surface area (TPSA) is 134 Å². The van der Waals surface area contributed by atoms with Gasteiger partial charge in [-0.25, -0.2) is 13.4 Å². The van der Waals surface area contributed by atoms with Gasteiger partial charge in [0.15, 0.2) is 0 Å². The Morgan fingerprint density at radius 3 is 2.43 bits per heavy atom. The Kier molecular flexibility index (Phi) is 8.02. The number of nitrogens with zero attached hydrogens (tertiary/aromatic N) is 4. The van der Waals surface area contributed by atoms with Crippen molar-refractivity contribution in [2.24, 2.45) is 5.41 Å². The normalized spacial score (nSPS) is 12.0. The lowest BCUT2D eigenvalue weighted by molar-refractivity contribution is -0.146. The standard InChI is InChI=1S/C30H30N4O6S2/c1-30(2,28(35)36)15-23-13-21-14-24(40-17-22-18-41-29(31-22)42(4,37)38)9-11-26(21)34(23)16-19-5-7-20(8-6-19)25-10-12-27(39-3)33-32-25/h5-14,18H,15-17H2,1-4H3,(H,35,36). The first-order valence-electron chi connectivity index (χ1n) is 13.0. The Hall–Kier alpha value is -4.29. The van der Waals surface area contributed by atoms with Gasteiger partial charge in [-0.2, -0.15) is 0 Å². The minimum atomic E-state index is -3.37. The summed E-state index contributed by atoms with van der Waals surface area (Å²) in [5.41, 5.74) is 4.08. The molecule has 0 saturated carbocycles. The Morgan fingerprint density at radius 1 is 1.05 bits per heavy atom. The second-order valence-electron chi connectivity index (χ2n) is 10.6. The summed E-state index contributed by atoms with van der Waals surface area (Å²) in [6.07, 6.45) is 1.46. The monoisotopic (exact) mass is 606 g/mol. The molecule has 42 heavy (non-hydrogen) atoms. The molecule has 0 aliphatic carbocycles. The molecule has 3 heterocycles. The molecule has 0 aliphatic rings. The first kappa shape index (κ1) is 29.2. The molecule has 0 radical (unpaired) electrons. The van der Waals surface area contributed by atoms with Gasteiger partial charge in [-0.1, -0.05) is 24.3 Å². The van der Waals surface area contributed by atoms with E-state index in [2.05, 4.69) is 19.7 Å². The summed E-state index contributed by atoms with van der Waals surface area (Å²) in [6, 6.07) is 19.3. The smallest absolute Gasteiger partial charge is 0.309 e. The molecule has 0 fully saturated rings. The zero-order valence-electron chi connectivity index (χ0n) is 23.6. The third-order valence-electron chi connectivity index (χ3n) is 6.83. The number of ether oxygens (including phenoxy) is 2. The highest BCUT2D eigenvalue weighted by atomic mass is 32.2. The molecule has 218 valence electrons. The molecule has 0 spiro atoms. The van der Waals surface area contributed by atoms with Crippen molar-refractivity contribution < 1.29 is 27.8 Å². The number of sulfone groups is 1. The number of carboxylic acids is 1. The number of benzene rings is 2. The predicted molar refractivity (Wildman–Crippen MR) is 160 cm³/mol. The van der Waals surface area contributed by atoms with E-state index in [9.17, 15) is 18.3 Å². The number of aromatic nitrogens is 4. The number of carboxylic acid groups (broad SMARTS) is 1. The highest BCUT2D eigenvalue weighted by Crippen LogP contribution is 2.31. The lowest BCUT2D eigenvalue weighted by atomic mass is 9.88. The lowest BCUT2D eigenvalue weighted by Crippen LogP contribution is -2.27. The fraction of sp³-hybridized carbons (Fsp3) is 0.267. The summed E-state index contributed by atoms with van der Waals surface area (Å²) in [4.78, 5) is 16.1. The molecule has 5 aromatic rings. The van der Waals surface area contributed by atoms with Gasteiger partial charge in [-0.15, -0.1) is 21.5 Å². The van der Waals surface area contributed by atoms with Crippen molar-refractivity contribution in [1.29, 1.82) is 0 Å². The summed E-state index contributed by atoms with van der Waals surface area (Å²) in [5.74, 6) is 0.178. The van der Waals surface area contributed by atoms with E-state index >= 15 is 0 Å². The van der Waals surface area contributed by atoms with Crippen molar-refractivity contribution in [3.05, 3.63) is 83.0 Å². The maximum Gasteiger partial charge on any atom is 0.309 e. The number of carbonyl (C=O) groups is 1. The number of aliphatic carboxylic acids is 1. The van der Waals surface area contributed by atoms with Crippen LogP contribution in [0.4, 0.5) is 0 Å². The highest BCUT2D eigenvalue weighted by Gasteiger charge is 2.29. The molecule has 0 aliphatic heterocycles. The van der Waals surface area contributed by atoms with Gasteiger partial charge in [0, 0.05) is 52.8 Å². The van der Waals surface area contributed by atoms with Crippen molar-refractivity contribution in [1.82, 2.24) is 19.7 Å². The SMILES string of the molecule is COc1ccc(-c2ccc(Cn3c(CC(C)(C)C(=O)O)cc4cc(OCc5csc(S(C)(=O)=O)n5)ccc43)cc2)nn1. The fourth-order valence-corrected chi connectivity index (χ4v) is 6.14. The zero-order chi connectivity index (χ0) is 30.1. The van der Waals surface area contributed by atoms with E-state index in [1.807, 2.05) is 54.6 Å². The summed E-state index contributed by atoms with van der Waals surface area (Å²) in [6.45, 7) is 4.10. The van der Waals surface area contributed by atoms with E-state index in [-0.39, 0.29) is 10.9 Å². The van der Waals surface area contributed by atoms with Crippen LogP contribution in [0.25, 0.3) is 22.2 Å². The van der Waals surface area contributed by atoms with Crippen molar-refractivity contribution in [3.63, 3.8) is 0 Å². The summed E-state index contributed by atoms with van der Waals surface area (Å²) in [5, 5.41) is 20.6. The summed E-state index contributed by atoms with van der Waals surface area (Å²) in [7, 11) is -1.82. The van der Waals surface area contributed by atoms with Crippen LogP contribution in [0.3, 0.4) is 0 Å². The maximum atomic E-state index is 12.0. The van der Waals surface area contributed by atoms with E-state index in [0.29, 0.717) is 30.3 Å². The number of fused-ring (bicyclic) bond motifs is 1. The molecule has 0 unspecified atom stereocenters. The Balaban J connectivity index is 1.42. The summed E-state index contributed by atoms with van der Waals surface area (Å²) < 4.78 is 36.7. The fourth-order valence-electron chi connectivity index (χ4n) is 4.49. The minimum absolute atomic E-state index is 0.0595. The van der Waals surface area contributed by atoms with Crippen LogP contribution < -0.4 is 9.47 Å². The molecule has 0 saturated heterocycles. The van der Waals surface area contributed by atoms with Gasteiger partial charge in [0.25, 0.3) is 0 Å². The minimum Gasteiger partial charge on any atom is -0.487 e. The number of thiazole rings is 1. The Labute approximate surface area is 247 Å². The maximum absolute atomic E-state index is 12.0. The summed E-state index contributed by atoms with van der Waals surface area (Å²) >= 11 is 1.07. The molecule has 0 bridgehead atoms. The van der Waals surface area contributed by atoms with Crippen molar-refractivity contribution in [3.8, 4) is 22.9 Å². The molecule has 3 aromatic heterocycles. The van der Waals surface area contributed by atoms with Crippen LogP contribution in [0.1, 0.15) is 30.8 Å². The Bertz CT molecular complexity index is 1840. The van der Waals surface area contributed by atoms with Gasteiger partial charge in [-0.05, 0) is 49.7 Å². The van der Waals surface area contributed by atoms with Gasteiger partial charge in [0.2, 0.25) is 20.1 Å². The van der Waals surface area contributed by atoms with Crippen LogP contribution in [-0.4, -0.2) is 52.6 Å². The molecular formula is C30H30N4O6S2. The first-order valence-corrected chi connectivity index (χ1v) is 15.8. The highest BCUT2D eigenvalue weighted by molar-refractivity contribution is 7.92. The van der Waals surface area contributed by atoms with Gasteiger partial charge >= 0.3 is 5.97 Å². The largest absolute Gasteiger partial charge is 0.487 e. The first-order chi connectivity index (χ1) is 19.9. The number of rotatable bonds is 11. The van der Waals surface area contributed by atoms with Gasteiger partial charge in [0.05, 0.1) is 23.9 Å². The van der Waals surface area contributed by atoms with E-state index in [1.54, 1.807) is 32.4 Å². The number of methoxy groups -OCH3 is 1. The van der Waals surface area contributed by atoms with Gasteiger partial charge < -0.3 is 19.1 Å². The molecule has 0 atom stereocenters. The van der Waals surface area contributed by atoms with E-state index < -0.39 is 21.2 Å². The van der Waals surface area contributed by atoms with E-state index in [0.717, 1.165) is 51.0 Å². The molecule has 12 heteroatoms. The van der Waals surface area contributed by atoms with Gasteiger partial charge in [0.1, 0.15) is 12.4 Å². The second-order valence-corrected chi connectivity index (χ2v) is 13.7. The third kappa shape index (κ3) is 6.44. The van der Waals surface area contributed by atoms with Crippen LogP contribution >= 0.6 is 11.3 Å². The van der Waals surface area contributed by atoms with Crippen LogP contribution in [0.15, 0.2) is 70.4 Å². The third-order valence-corrected chi connectivity index (χ3v) is 9.44. The predicted octanol–water partition coefficient (Wildman–Crippen LogP) is 5.25. The molecular weight excluding hydrogens is 576 g/mol. The number of hydrogen-bond acceptors (Lipinski definition) is 9. The molecule has 5 rings (SSSR count). The van der Waals surface area contributed by atoms with E-state index in [4.69, 9.17) is 9.47 Å². The number of hydrogen-bond donors (Lipinski definition) is 1. The molecule has 10 nitrogen and oxygen atoms in total. The van der Waals surface area contributed by atoms with Crippen LogP contribution in [0.2, 0.25) is 0 Å². The molecule has 1 N–H and O–H groups in total. The van der Waals surface area contributed by atoms with Crippen molar-refractivity contribution in [2.75, 3.05) is 13.4 Å². The van der Waals surface area contributed by atoms with Crippen LogP contribution in [-0.2, 0) is 34.2 Å². The quantitative estimate of drug-likeness (QED) is 0.214. The Morgan fingerprint density at radius 2 is 1.81 bits per heavy atom. The van der Waals surface area contributed by atoms with E-state index in [1.165, 1.54) is 0 Å².